The van der Waals surface area contributed by atoms with Gasteiger partial charge in [0.05, 0.1) is 4.91 Å². The highest BCUT2D eigenvalue weighted by atomic mass is 32.2. The van der Waals surface area contributed by atoms with Crippen LogP contribution in [0.5, 0.6) is 11.5 Å². The van der Waals surface area contributed by atoms with Crippen molar-refractivity contribution in [1.29, 1.82) is 0 Å². The maximum absolute atomic E-state index is 12.7. The normalized spacial score (nSPS) is 14.5. The number of carbonyl (C=O) groups excluding carboxylic acids is 3. The van der Waals surface area contributed by atoms with Gasteiger partial charge in [-0.15, -0.1) is 0 Å². The minimum atomic E-state index is -0.526. The first-order valence-electron chi connectivity index (χ1n) is 10.1. The van der Waals surface area contributed by atoms with Crippen molar-refractivity contribution in [2.45, 2.75) is 6.61 Å². The van der Waals surface area contributed by atoms with Crippen LogP contribution in [-0.2, 0) is 16.2 Å². The van der Waals surface area contributed by atoms with Crippen LogP contribution >= 0.6 is 11.8 Å². The number of hydrogen-bond acceptors (Lipinski definition) is 6. The van der Waals surface area contributed by atoms with Gasteiger partial charge in [0.25, 0.3) is 11.1 Å². The number of nitrogens with one attached hydrogen (secondary N) is 1. The number of nitrogens with zero attached hydrogens (tertiary/aromatic N) is 1. The Bertz CT molecular complexity index is 1210. The van der Waals surface area contributed by atoms with Crippen LogP contribution in [0.3, 0.4) is 0 Å². The average Bonchev–Trinajstić information content (AvgIpc) is 3.07. The third-order valence-electron chi connectivity index (χ3n) is 4.73. The van der Waals surface area contributed by atoms with Crippen LogP contribution in [-0.4, -0.2) is 33.6 Å². The fourth-order valence-corrected chi connectivity index (χ4v) is 3.95. The van der Waals surface area contributed by atoms with Crippen LogP contribution in [0.2, 0.25) is 0 Å². The van der Waals surface area contributed by atoms with Gasteiger partial charge in [0, 0.05) is 5.69 Å². The molecule has 166 valence electrons. The second-order valence-corrected chi connectivity index (χ2v) is 8.20. The van der Waals surface area contributed by atoms with Crippen LogP contribution in [0.25, 0.3) is 6.08 Å². The van der Waals surface area contributed by atoms with Crippen molar-refractivity contribution < 1.29 is 24.2 Å². The number of hydrogen-bond donors (Lipinski definition) is 2. The Morgan fingerprint density at radius 3 is 2.52 bits per heavy atom. The van der Waals surface area contributed by atoms with Gasteiger partial charge in [-0.2, -0.15) is 0 Å². The maximum atomic E-state index is 12.7. The molecule has 0 radical (unpaired) electrons. The average molecular weight is 461 g/mol. The van der Waals surface area contributed by atoms with E-state index in [0.29, 0.717) is 23.6 Å². The molecule has 0 aliphatic carbocycles. The van der Waals surface area contributed by atoms with Gasteiger partial charge in [0.2, 0.25) is 5.91 Å². The number of carbonyl (C=O) groups is 3. The maximum Gasteiger partial charge on any atom is 0.294 e. The van der Waals surface area contributed by atoms with Gasteiger partial charge >= 0.3 is 0 Å². The van der Waals surface area contributed by atoms with Gasteiger partial charge in [-0.05, 0) is 65.4 Å². The van der Waals surface area contributed by atoms with E-state index >= 15 is 0 Å². The molecule has 0 bridgehead atoms. The SMILES string of the molecule is O=C(CN1C(=O)S/C(=C\c2cccc(OCc3ccccc3)c2)C1=O)Nc1ccc(O)cc1. The number of phenols is 1. The molecule has 0 unspecified atom stereocenters. The fourth-order valence-electron chi connectivity index (χ4n) is 3.11. The molecular weight excluding hydrogens is 440 g/mol. The van der Waals surface area contributed by atoms with Gasteiger partial charge in [0.1, 0.15) is 24.7 Å². The molecular formula is C25H20N2O5S. The molecule has 33 heavy (non-hydrogen) atoms. The second kappa shape index (κ2) is 10.1. The van der Waals surface area contributed by atoms with E-state index in [9.17, 15) is 19.5 Å². The third kappa shape index (κ3) is 5.81. The van der Waals surface area contributed by atoms with E-state index in [0.717, 1.165) is 22.2 Å². The molecule has 3 amide bonds. The summed E-state index contributed by atoms with van der Waals surface area (Å²) >= 11 is 0.788. The van der Waals surface area contributed by atoms with Crippen LogP contribution in [0, 0.1) is 0 Å². The minimum Gasteiger partial charge on any atom is -0.508 e. The van der Waals surface area contributed by atoms with Gasteiger partial charge in [-0.1, -0.05) is 42.5 Å². The van der Waals surface area contributed by atoms with Crippen molar-refractivity contribution in [3.05, 3.63) is 94.9 Å². The van der Waals surface area contributed by atoms with Crippen LogP contribution in [0.4, 0.5) is 10.5 Å². The molecule has 1 saturated heterocycles. The molecule has 4 rings (SSSR count). The topological polar surface area (TPSA) is 95.9 Å². The summed E-state index contributed by atoms with van der Waals surface area (Å²) in [6.45, 7) is 0.0139. The number of phenolic OH excluding ortho intramolecular Hbond substituents is 1. The Balaban J connectivity index is 1.39. The first kappa shape index (κ1) is 22.2. The van der Waals surface area contributed by atoms with Gasteiger partial charge in [-0.25, -0.2) is 0 Å². The van der Waals surface area contributed by atoms with Crippen LogP contribution < -0.4 is 10.1 Å². The summed E-state index contributed by atoms with van der Waals surface area (Å²) in [4.78, 5) is 38.5. The first-order chi connectivity index (χ1) is 16.0. The molecule has 3 aromatic carbocycles. The highest BCUT2D eigenvalue weighted by molar-refractivity contribution is 8.18. The van der Waals surface area contributed by atoms with Crippen molar-refractivity contribution in [3.8, 4) is 11.5 Å². The number of rotatable bonds is 7. The predicted octanol–water partition coefficient (Wildman–Crippen LogP) is 4.65. The van der Waals surface area contributed by atoms with Crippen molar-refractivity contribution in [1.82, 2.24) is 4.90 Å². The monoisotopic (exact) mass is 460 g/mol. The summed E-state index contributed by atoms with van der Waals surface area (Å²) in [6.07, 6.45) is 1.61. The van der Waals surface area contributed by atoms with E-state index in [4.69, 9.17) is 4.74 Å². The van der Waals surface area contributed by atoms with Gasteiger partial charge < -0.3 is 15.2 Å². The molecule has 0 spiro atoms. The lowest BCUT2D eigenvalue weighted by Crippen LogP contribution is -2.36. The molecule has 7 nitrogen and oxygen atoms in total. The molecule has 3 aromatic rings. The van der Waals surface area contributed by atoms with E-state index in [1.807, 2.05) is 42.5 Å². The summed E-state index contributed by atoms with van der Waals surface area (Å²) in [6, 6.07) is 22.9. The lowest BCUT2D eigenvalue weighted by Gasteiger charge is -2.12. The molecule has 1 aliphatic rings. The summed E-state index contributed by atoms with van der Waals surface area (Å²) < 4.78 is 5.82. The second-order valence-electron chi connectivity index (χ2n) is 7.21. The molecule has 0 saturated carbocycles. The highest BCUT2D eigenvalue weighted by Gasteiger charge is 2.36. The summed E-state index contributed by atoms with van der Waals surface area (Å²) in [7, 11) is 0. The van der Waals surface area contributed by atoms with Crippen molar-refractivity contribution >= 4 is 40.6 Å². The number of imide groups is 1. The van der Waals surface area contributed by atoms with Crippen LogP contribution in [0.1, 0.15) is 11.1 Å². The number of anilines is 1. The molecule has 1 fully saturated rings. The zero-order chi connectivity index (χ0) is 23.2. The summed E-state index contributed by atoms with van der Waals surface area (Å²) in [5, 5.41) is 11.4. The Kier molecular flexibility index (Phi) is 6.75. The van der Waals surface area contributed by atoms with Crippen molar-refractivity contribution in [2.75, 3.05) is 11.9 Å². The number of thioether (sulfide) groups is 1. The van der Waals surface area contributed by atoms with E-state index in [1.165, 1.54) is 24.3 Å². The number of amides is 3. The van der Waals surface area contributed by atoms with Gasteiger partial charge in [-0.3, -0.25) is 19.3 Å². The standard InChI is InChI=1S/C25H20N2O5S/c28-20-11-9-19(10-12-20)26-23(29)15-27-24(30)22(33-25(27)31)14-18-7-4-8-21(13-18)32-16-17-5-2-1-3-6-17/h1-14,28H,15-16H2,(H,26,29)/b22-14-. The van der Waals surface area contributed by atoms with Crippen molar-refractivity contribution in [2.24, 2.45) is 0 Å². The zero-order valence-electron chi connectivity index (χ0n) is 17.4. The molecule has 2 N–H and O–H groups in total. The number of aromatic hydroxyl groups is 1. The lowest BCUT2D eigenvalue weighted by molar-refractivity contribution is -0.127. The Morgan fingerprint density at radius 2 is 1.76 bits per heavy atom. The van der Waals surface area contributed by atoms with E-state index in [1.54, 1.807) is 18.2 Å². The third-order valence-corrected chi connectivity index (χ3v) is 5.64. The molecule has 8 heteroatoms. The van der Waals surface area contributed by atoms with Crippen LogP contribution in [0.15, 0.2) is 83.8 Å². The zero-order valence-corrected chi connectivity index (χ0v) is 18.2. The molecule has 1 heterocycles. The summed E-state index contributed by atoms with van der Waals surface area (Å²) in [5.74, 6) is -0.333. The first-order valence-corrected chi connectivity index (χ1v) is 10.9. The van der Waals surface area contributed by atoms with E-state index < -0.39 is 23.6 Å². The quantitative estimate of drug-likeness (QED) is 0.394. The highest BCUT2D eigenvalue weighted by Crippen LogP contribution is 2.32. The smallest absolute Gasteiger partial charge is 0.294 e. The Hall–Kier alpha value is -4.04. The molecule has 0 aromatic heterocycles. The van der Waals surface area contributed by atoms with E-state index in [-0.39, 0.29) is 10.7 Å². The van der Waals surface area contributed by atoms with Gasteiger partial charge in [0.15, 0.2) is 0 Å². The molecule has 0 atom stereocenters. The number of benzene rings is 3. The minimum absolute atomic E-state index is 0.0682. The lowest BCUT2D eigenvalue weighted by atomic mass is 10.2. The van der Waals surface area contributed by atoms with E-state index in [2.05, 4.69) is 5.32 Å². The predicted molar refractivity (Wildman–Crippen MR) is 127 cm³/mol. The Labute approximate surface area is 194 Å². The number of ether oxygens (including phenoxy) is 1. The molecule has 1 aliphatic heterocycles. The summed E-state index contributed by atoms with van der Waals surface area (Å²) in [5.41, 5.74) is 2.20. The Morgan fingerprint density at radius 1 is 1.00 bits per heavy atom. The largest absolute Gasteiger partial charge is 0.508 e. The van der Waals surface area contributed by atoms with Crippen molar-refractivity contribution in [3.63, 3.8) is 0 Å². The fraction of sp³-hybridized carbons (Fsp3) is 0.0800.